The van der Waals surface area contributed by atoms with Crippen LogP contribution in [0.3, 0.4) is 0 Å². The van der Waals surface area contributed by atoms with Gasteiger partial charge in [-0.05, 0) is 30.7 Å². The Morgan fingerprint density at radius 3 is 2.85 bits per heavy atom. The molecule has 2 heterocycles. The molecule has 5 nitrogen and oxygen atoms in total. The number of carbonyl (C=O) groups excluding carboxylic acids is 1. The van der Waals surface area contributed by atoms with E-state index in [0.717, 1.165) is 9.86 Å². The first-order valence-corrected chi connectivity index (χ1v) is 8.75. The Morgan fingerprint density at radius 1 is 1.35 bits per heavy atom. The number of hydrogen-bond acceptors (Lipinski definition) is 4. The van der Waals surface area contributed by atoms with Crippen LogP contribution >= 0.6 is 15.9 Å². The minimum atomic E-state index is -3.01. The number of furan rings is 1. The van der Waals surface area contributed by atoms with Gasteiger partial charge < -0.3 is 9.73 Å². The fourth-order valence-corrected chi connectivity index (χ4v) is 4.34. The van der Waals surface area contributed by atoms with Gasteiger partial charge in [0, 0.05) is 15.9 Å². The zero-order valence-corrected chi connectivity index (χ0v) is 12.8. The van der Waals surface area contributed by atoms with Gasteiger partial charge in [0.05, 0.1) is 11.5 Å². The second-order valence-corrected chi connectivity index (χ2v) is 8.01. The molecule has 1 aliphatic heterocycles. The van der Waals surface area contributed by atoms with Crippen LogP contribution in [0.25, 0.3) is 11.0 Å². The summed E-state index contributed by atoms with van der Waals surface area (Å²) in [5.74, 6) is -0.0444. The van der Waals surface area contributed by atoms with Crippen LogP contribution in [0.2, 0.25) is 0 Å². The van der Waals surface area contributed by atoms with Crippen molar-refractivity contribution < 1.29 is 17.6 Å². The second-order valence-electron chi connectivity index (χ2n) is 4.87. The molecule has 1 aliphatic rings. The maximum absolute atomic E-state index is 12.1. The zero-order valence-electron chi connectivity index (χ0n) is 10.4. The van der Waals surface area contributed by atoms with Crippen LogP contribution in [0.4, 0.5) is 0 Å². The number of benzene rings is 1. The number of hydrogen-bond donors (Lipinski definition) is 1. The van der Waals surface area contributed by atoms with Gasteiger partial charge >= 0.3 is 0 Å². The van der Waals surface area contributed by atoms with Gasteiger partial charge in [0.25, 0.3) is 5.91 Å². The van der Waals surface area contributed by atoms with E-state index in [2.05, 4.69) is 21.2 Å². The van der Waals surface area contributed by atoms with Gasteiger partial charge in [0.2, 0.25) is 0 Å². The third-order valence-electron chi connectivity index (χ3n) is 3.27. The molecule has 1 saturated heterocycles. The van der Waals surface area contributed by atoms with Crippen LogP contribution in [0.15, 0.2) is 33.2 Å². The van der Waals surface area contributed by atoms with Gasteiger partial charge in [-0.15, -0.1) is 0 Å². The van der Waals surface area contributed by atoms with Crippen LogP contribution in [0.5, 0.6) is 0 Å². The van der Waals surface area contributed by atoms with Crippen molar-refractivity contribution in [3.8, 4) is 0 Å². The molecule has 0 saturated carbocycles. The lowest BCUT2D eigenvalue weighted by atomic mass is 10.2. The SMILES string of the molecule is O=C(NC1CCS(=O)(=O)C1)c1cc2cc(Br)ccc2o1. The third kappa shape index (κ3) is 2.73. The van der Waals surface area contributed by atoms with Crippen LogP contribution in [-0.2, 0) is 9.84 Å². The summed E-state index contributed by atoms with van der Waals surface area (Å²) in [6.45, 7) is 0. The minimum absolute atomic E-state index is 0.00448. The predicted octanol–water partition coefficient (Wildman–Crippen LogP) is 2.11. The molecule has 0 spiro atoms. The molecule has 20 heavy (non-hydrogen) atoms. The van der Waals surface area contributed by atoms with E-state index >= 15 is 0 Å². The first kappa shape index (κ1) is 13.6. The quantitative estimate of drug-likeness (QED) is 0.892. The molecular weight excluding hydrogens is 346 g/mol. The average Bonchev–Trinajstić information content (AvgIpc) is 2.92. The maximum atomic E-state index is 12.1. The van der Waals surface area contributed by atoms with Gasteiger partial charge in [-0.2, -0.15) is 0 Å². The highest BCUT2D eigenvalue weighted by Crippen LogP contribution is 2.23. The van der Waals surface area contributed by atoms with Gasteiger partial charge in [-0.1, -0.05) is 15.9 Å². The molecule has 3 rings (SSSR count). The molecule has 0 radical (unpaired) electrons. The summed E-state index contributed by atoms with van der Waals surface area (Å²) in [4.78, 5) is 12.1. The number of fused-ring (bicyclic) bond motifs is 1. The van der Waals surface area contributed by atoms with Crippen LogP contribution in [-0.4, -0.2) is 31.9 Å². The van der Waals surface area contributed by atoms with E-state index in [9.17, 15) is 13.2 Å². The predicted molar refractivity (Wildman–Crippen MR) is 78.4 cm³/mol. The minimum Gasteiger partial charge on any atom is -0.451 e. The van der Waals surface area contributed by atoms with E-state index < -0.39 is 9.84 Å². The van der Waals surface area contributed by atoms with E-state index in [4.69, 9.17) is 4.42 Å². The van der Waals surface area contributed by atoms with Crippen LogP contribution in [0, 0.1) is 0 Å². The van der Waals surface area contributed by atoms with Gasteiger partial charge in [-0.3, -0.25) is 4.79 Å². The molecule has 106 valence electrons. The van der Waals surface area contributed by atoms with Crippen molar-refractivity contribution in [1.82, 2.24) is 5.32 Å². The monoisotopic (exact) mass is 357 g/mol. The molecular formula is C13H12BrNO4S. The molecule has 0 bridgehead atoms. The highest BCUT2D eigenvalue weighted by molar-refractivity contribution is 9.10. The smallest absolute Gasteiger partial charge is 0.287 e. The van der Waals surface area contributed by atoms with Crippen molar-refractivity contribution >= 4 is 42.6 Å². The Hall–Kier alpha value is -1.34. The zero-order chi connectivity index (χ0) is 14.3. The van der Waals surface area contributed by atoms with E-state index in [0.29, 0.717) is 12.0 Å². The van der Waals surface area contributed by atoms with E-state index in [1.54, 1.807) is 12.1 Å². The van der Waals surface area contributed by atoms with Crippen molar-refractivity contribution in [2.24, 2.45) is 0 Å². The molecule has 1 amide bonds. The molecule has 1 N–H and O–H groups in total. The van der Waals surface area contributed by atoms with Crippen LogP contribution in [0.1, 0.15) is 17.0 Å². The van der Waals surface area contributed by atoms with Crippen molar-refractivity contribution in [1.29, 1.82) is 0 Å². The molecule has 0 aliphatic carbocycles. The Bertz CT molecular complexity index is 781. The fraction of sp³-hybridized carbons (Fsp3) is 0.308. The third-order valence-corrected chi connectivity index (χ3v) is 5.53. The Labute approximate surface area is 124 Å². The van der Waals surface area contributed by atoms with Crippen molar-refractivity contribution in [3.63, 3.8) is 0 Å². The second kappa shape index (κ2) is 4.89. The number of carbonyl (C=O) groups is 1. The van der Waals surface area contributed by atoms with Crippen molar-refractivity contribution in [2.45, 2.75) is 12.5 Å². The Kier molecular flexibility index (Phi) is 3.33. The summed E-state index contributed by atoms with van der Waals surface area (Å²) in [5, 5.41) is 3.53. The molecule has 7 heteroatoms. The van der Waals surface area contributed by atoms with E-state index in [1.807, 2.05) is 12.1 Å². The van der Waals surface area contributed by atoms with Gasteiger partial charge in [0.1, 0.15) is 5.58 Å². The van der Waals surface area contributed by atoms with Crippen molar-refractivity contribution in [2.75, 3.05) is 11.5 Å². The maximum Gasteiger partial charge on any atom is 0.287 e. The van der Waals surface area contributed by atoms with Crippen molar-refractivity contribution in [3.05, 3.63) is 34.5 Å². The summed E-state index contributed by atoms with van der Waals surface area (Å²) in [7, 11) is -3.01. The average molecular weight is 358 g/mol. The summed E-state index contributed by atoms with van der Waals surface area (Å²) in [6.07, 6.45) is 0.458. The lowest BCUT2D eigenvalue weighted by Gasteiger charge is -2.08. The Balaban J connectivity index is 1.79. The van der Waals surface area contributed by atoms with E-state index in [1.165, 1.54) is 0 Å². The number of rotatable bonds is 2. The molecule has 1 atom stereocenters. The molecule has 1 fully saturated rings. The van der Waals surface area contributed by atoms with Gasteiger partial charge in [0.15, 0.2) is 15.6 Å². The summed E-state index contributed by atoms with van der Waals surface area (Å²) >= 11 is 3.35. The highest BCUT2D eigenvalue weighted by Gasteiger charge is 2.29. The first-order valence-electron chi connectivity index (χ1n) is 6.13. The highest BCUT2D eigenvalue weighted by atomic mass is 79.9. The summed E-state index contributed by atoms with van der Waals surface area (Å²) < 4.78 is 29.1. The molecule has 2 aromatic rings. The largest absolute Gasteiger partial charge is 0.451 e. The van der Waals surface area contributed by atoms with Crippen LogP contribution < -0.4 is 5.32 Å². The lowest BCUT2D eigenvalue weighted by Crippen LogP contribution is -2.35. The molecule has 1 aromatic heterocycles. The number of amides is 1. The van der Waals surface area contributed by atoms with Gasteiger partial charge in [-0.25, -0.2) is 8.42 Å². The lowest BCUT2D eigenvalue weighted by molar-refractivity contribution is 0.0915. The first-order chi connectivity index (χ1) is 9.43. The molecule has 1 unspecified atom stereocenters. The fourth-order valence-electron chi connectivity index (χ4n) is 2.29. The number of nitrogens with one attached hydrogen (secondary N) is 1. The molecule has 1 aromatic carbocycles. The standard InChI is InChI=1S/C13H12BrNO4S/c14-9-1-2-11-8(5-9)6-12(19-11)13(16)15-10-3-4-20(17,18)7-10/h1-2,5-6,10H,3-4,7H2,(H,15,16). The number of halogens is 1. The topological polar surface area (TPSA) is 76.4 Å². The summed E-state index contributed by atoms with van der Waals surface area (Å²) in [6, 6.07) is 6.79. The number of sulfone groups is 1. The normalized spacial score (nSPS) is 21.1. The summed E-state index contributed by atoms with van der Waals surface area (Å²) in [5.41, 5.74) is 0.623. The van der Waals surface area contributed by atoms with E-state index in [-0.39, 0.29) is 29.2 Å². The Morgan fingerprint density at radius 2 is 2.15 bits per heavy atom.